The summed E-state index contributed by atoms with van der Waals surface area (Å²) in [7, 11) is 0. The van der Waals surface area contributed by atoms with Gasteiger partial charge in [-0.1, -0.05) is 30.0 Å². The highest BCUT2D eigenvalue weighted by Crippen LogP contribution is 2.18. The number of amides is 1. The van der Waals surface area contributed by atoms with Gasteiger partial charge in [0.15, 0.2) is 5.16 Å². The van der Waals surface area contributed by atoms with Crippen molar-refractivity contribution < 1.29 is 4.79 Å². The number of thioether (sulfide) groups is 1. The van der Waals surface area contributed by atoms with E-state index in [0.29, 0.717) is 5.16 Å². The summed E-state index contributed by atoms with van der Waals surface area (Å²) in [5, 5.41) is 11.5. The van der Waals surface area contributed by atoms with Gasteiger partial charge in [-0.15, -0.1) is 10.2 Å². The first-order valence-electron chi connectivity index (χ1n) is 9.46. The summed E-state index contributed by atoms with van der Waals surface area (Å²) in [4.78, 5) is 25.2. The van der Waals surface area contributed by atoms with Gasteiger partial charge >= 0.3 is 5.56 Å². The highest BCUT2D eigenvalue weighted by atomic mass is 32.2. The molecule has 0 aliphatic rings. The number of carbonyl (C=O) groups excluding carboxylic acids is 1. The van der Waals surface area contributed by atoms with Crippen LogP contribution in [0.3, 0.4) is 0 Å². The van der Waals surface area contributed by atoms with Crippen molar-refractivity contribution in [3.05, 3.63) is 81.9 Å². The second kappa shape index (κ2) is 8.16. The third-order valence-electron chi connectivity index (χ3n) is 4.84. The van der Waals surface area contributed by atoms with Gasteiger partial charge in [0.2, 0.25) is 11.6 Å². The highest BCUT2D eigenvalue weighted by Gasteiger charge is 2.14. The van der Waals surface area contributed by atoms with Crippen molar-refractivity contribution in [1.82, 2.24) is 19.2 Å². The number of nitrogens with one attached hydrogen (secondary N) is 1. The van der Waals surface area contributed by atoms with Crippen molar-refractivity contribution in [3.63, 3.8) is 0 Å². The van der Waals surface area contributed by atoms with E-state index in [1.807, 2.05) is 63.2 Å². The molecule has 0 radical (unpaired) electrons. The Kier molecular flexibility index (Phi) is 5.41. The van der Waals surface area contributed by atoms with Crippen molar-refractivity contribution >= 4 is 29.0 Å². The number of aromatic nitrogens is 4. The molecule has 0 bridgehead atoms. The fourth-order valence-electron chi connectivity index (χ4n) is 3.09. The number of hydrogen-bond acceptors (Lipinski definition) is 5. The predicted octanol–water partition coefficient (Wildman–Crippen LogP) is 3.54. The zero-order chi connectivity index (χ0) is 21.3. The van der Waals surface area contributed by atoms with Crippen LogP contribution in [0.4, 0.5) is 5.69 Å². The van der Waals surface area contributed by atoms with Crippen LogP contribution in [-0.2, 0) is 4.79 Å². The average molecular weight is 420 g/mol. The third-order valence-corrected chi connectivity index (χ3v) is 5.79. The molecule has 0 unspecified atom stereocenters. The molecule has 1 N–H and O–H groups in total. The molecule has 0 saturated heterocycles. The molecule has 2 heterocycles. The Morgan fingerprint density at radius 3 is 2.63 bits per heavy atom. The number of carbonyl (C=O) groups is 1. The van der Waals surface area contributed by atoms with Gasteiger partial charge in [-0.05, 0) is 61.7 Å². The van der Waals surface area contributed by atoms with Crippen LogP contribution in [0.1, 0.15) is 16.7 Å². The highest BCUT2D eigenvalue weighted by molar-refractivity contribution is 7.99. The van der Waals surface area contributed by atoms with Gasteiger partial charge in [0.05, 0.1) is 5.75 Å². The maximum Gasteiger partial charge on any atom is 0.300 e. The summed E-state index contributed by atoms with van der Waals surface area (Å²) >= 11 is 1.23. The van der Waals surface area contributed by atoms with E-state index in [1.165, 1.54) is 11.8 Å². The van der Waals surface area contributed by atoms with Crippen LogP contribution in [0.25, 0.3) is 11.3 Å². The zero-order valence-corrected chi connectivity index (χ0v) is 17.7. The molecular formula is C22H21N5O2S. The smallest absolute Gasteiger partial charge is 0.300 e. The van der Waals surface area contributed by atoms with E-state index in [2.05, 4.69) is 15.5 Å². The second-order valence-corrected chi connectivity index (χ2v) is 8.07. The van der Waals surface area contributed by atoms with Crippen LogP contribution in [0.15, 0.2) is 64.8 Å². The number of benzene rings is 2. The Balaban J connectivity index is 1.53. The number of fused-ring (bicyclic) bond motifs is 1. The quantitative estimate of drug-likeness (QED) is 0.501. The van der Waals surface area contributed by atoms with Crippen molar-refractivity contribution in [3.8, 4) is 5.69 Å². The minimum atomic E-state index is -0.260. The normalized spacial score (nSPS) is 11.0. The van der Waals surface area contributed by atoms with Crippen molar-refractivity contribution in [2.75, 3.05) is 11.1 Å². The molecule has 2 aromatic heterocycles. The van der Waals surface area contributed by atoms with Gasteiger partial charge in [0.25, 0.3) is 0 Å². The Morgan fingerprint density at radius 1 is 1.03 bits per heavy atom. The first-order chi connectivity index (χ1) is 14.4. The van der Waals surface area contributed by atoms with Crippen LogP contribution in [-0.4, -0.2) is 30.8 Å². The SMILES string of the molecule is Cc1cccc(NC(=O)CSc2nnc3c(=O)n(-c4ccc(C)c(C)c4)ccn23)c1. The van der Waals surface area contributed by atoms with Crippen LogP contribution in [0.2, 0.25) is 0 Å². The summed E-state index contributed by atoms with van der Waals surface area (Å²) < 4.78 is 3.17. The Bertz CT molecular complexity index is 1310. The fourth-order valence-corrected chi connectivity index (χ4v) is 3.81. The van der Waals surface area contributed by atoms with Gasteiger partial charge in [-0.2, -0.15) is 0 Å². The summed E-state index contributed by atoms with van der Waals surface area (Å²) in [5.74, 6) is 0.0143. The summed E-state index contributed by atoms with van der Waals surface area (Å²) in [6, 6.07) is 13.5. The Labute approximate surface area is 177 Å². The number of rotatable bonds is 5. The molecule has 7 nitrogen and oxygen atoms in total. The molecule has 0 fully saturated rings. The summed E-state index contributed by atoms with van der Waals surface area (Å²) in [5.41, 5.74) is 4.84. The number of nitrogens with zero attached hydrogens (tertiary/aromatic N) is 4. The van der Waals surface area contributed by atoms with E-state index in [4.69, 9.17) is 0 Å². The fraction of sp³-hybridized carbons (Fsp3) is 0.182. The van der Waals surface area contributed by atoms with Gasteiger partial charge in [0.1, 0.15) is 0 Å². The maximum atomic E-state index is 12.9. The molecule has 4 rings (SSSR count). The van der Waals surface area contributed by atoms with Gasteiger partial charge in [-0.25, -0.2) is 0 Å². The molecule has 0 spiro atoms. The molecule has 2 aromatic carbocycles. The maximum absolute atomic E-state index is 12.9. The lowest BCUT2D eigenvalue weighted by Crippen LogP contribution is -2.20. The van der Waals surface area contributed by atoms with E-state index in [-0.39, 0.29) is 22.9 Å². The largest absolute Gasteiger partial charge is 0.325 e. The van der Waals surface area contributed by atoms with E-state index in [9.17, 15) is 9.59 Å². The Hall–Kier alpha value is -3.39. The van der Waals surface area contributed by atoms with Gasteiger partial charge in [-0.3, -0.25) is 18.6 Å². The lowest BCUT2D eigenvalue weighted by atomic mass is 10.1. The monoisotopic (exact) mass is 419 g/mol. The van der Waals surface area contributed by atoms with Crippen molar-refractivity contribution in [2.24, 2.45) is 0 Å². The van der Waals surface area contributed by atoms with Crippen LogP contribution >= 0.6 is 11.8 Å². The van der Waals surface area contributed by atoms with E-state index < -0.39 is 0 Å². The molecule has 1 amide bonds. The predicted molar refractivity (Wildman–Crippen MR) is 119 cm³/mol. The van der Waals surface area contributed by atoms with Gasteiger partial charge in [0, 0.05) is 23.8 Å². The third kappa shape index (κ3) is 3.99. The molecule has 0 saturated carbocycles. The second-order valence-electron chi connectivity index (χ2n) is 7.12. The first kappa shape index (κ1) is 19.9. The molecule has 4 aromatic rings. The molecule has 0 atom stereocenters. The van der Waals surface area contributed by atoms with E-state index >= 15 is 0 Å². The van der Waals surface area contributed by atoms with Crippen LogP contribution in [0, 0.1) is 20.8 Å². The topological polar surface area (TPSA) is 81.3 Å². The first-order valence-corrected chi connectivity index (χ1v) is 10.4. The molecule has 152 valence electrons. The van der Waals surface area contributed by atoms with Crippen LogP contribution in [0.5, 0.6) is 0 Å². The lowest BCUT2D eigenvalue weighted by molar-refractivity contribution is -0.113. The number of aryl methyl sites for hydroxylation is 3. The lowest BCUT2D eigenvalue weighted by Gasteiger charge is -2.09. The molecular weight excluding hydrogens is 398 g/mol. The molecule has 30 heavy (non-hydrogen) atoms. The van der Waals surface area contributed by atoms with Crippen molar-refractivity contribution in [1.29, 1.82) is 0 Å². The molecule has 0 aliphatic carbocycles. The summed E-state index contributed by atoms with van der Waals surface area (Å²) in [6.45, 7) is 6.01. The van der Waals surface area contributed by atoms with Crippen LogP contribution < -0.4 is 10.9 Å². The van der Waals surface area contributed by atoms with Gasteiger partial charge < -0.3 is 5.32 Å². The van der Waals surface area contributed by atoms with E-state index in [0.717, 1.165) is 28.1 Å². The minimum absolute atomic E-state index is 0.147. The standard InChI is InChI=1S/C22H21N5O2S/c1-14-5-4-6-17(11-14)23-19(28)13-30-22-25-24-20-21(29)26(9-10-27(20)22)18-8-7-15(2)16(3)12-18/h4-12H,13H2,1-3H3,(H,23,28). The number of hydrogen-bond donors (Lipinski definition) is 1. The van der Waals surface area contributed by atoms with E-state index in [1.54, 1.807) is 21.4 Å². The summed E-state index contributed by atoms with van der Waals surface area (Å²) in [6.07, 6.45) is 3.44. The minimum Gasteiger partial charge on any atom is -0.325 e. The number of anilines is 1. The Morgan fingerprint density at radius 2 is 1.87 bits per heavy atom. The average Bonchev–Trinajstić information content (AvgIpc) is 3.13. The molecule has 0 aliphatic heterocycles. The molecule has 8 heteroatoms. The van der Waals surface area contributed by atoms with Crippen molar-refractivity contribution in [2.45, 2.75) is 25.9 Å². The zero-order valence-electron chi connectivity index (χ0n) is 16.9.